The van der Waals surface area contributed by atoms with E-state index in [0.717, 1.165) is 29.7 Å². The van der Waals surface area contributed by atoms with Crippen molar-refractivity contribution in [1.82, 2.24) is 10.3 Å². The summed E-state index contributed by atoms with van der Waals surface area (Å²) in [6, 6.07) is 7.66. The molecule has 1 aromatic heterocycles. The number of rotatable bonds is 5. The molecule has 1 heterocycles. The average Bonchev–Trinajstić information content (AvgIpc) is 3.22. The Bertz CT molecular complexity index is 649. The number of hydrogen-bond donors (Lipinski definition) is 2. The van der Waals surface area contributed by atoms with E-state index >= 15 is 0 Å². The van der Waals surface area contributed by atoms with Crippen molar-refractivity contribution >= 4 is 17.2 Å². The molecule has 1 aliphatic rings. The maximum Gasteiger partial charge on any atom is 0.263 e. The Balaban J connectivity index is 1.63. The normalized spacial score (nSPS) is 15.7. The fraction of sp³-hybridized carbons (Fsp3) is 0.375. The van der Waals surface area contributed by atoms with Gasteiger partial charge in [0.2, 0.25) is 0 Å². The van der Waals surface area contributed by atoms with Gasteiger partial charge < -0.3 is 10.4 Å². The SMILES string of the molecule is Cc1ccccc1C(O)CNC(=O)c1scnc1C1CC1. The second-order valence-electron chi connectivity index (χ2n) is 5.42. The van der Waals surface area contributed by atoms with Crippen LogP contribution in [0.3, 0.4) is 0 Å². The van der Waals surface area contributed by atoms with Crippen LogP contribution in [0.25, 0.3) is 0 Å². The van der Waals surface area contributed by atoms with Crippen molar-refractivity contribution in [3.8, 4) is 0 Å². The van der Waals surface area contributed by atoms with Crippen molar-refractivity contribution in [2.45, 2.75) is 31.8 Å². The number of hydrogen-bond acceptors (Lipinski definition) is 4. The van der Waals surface area contributed by atoms with Crippen LogP contribution in [0.4, 0.5) is 0 Å². The second-order valence-corrected chi connectivity index (χ2v) is 6.28. The first kappa shape index (κ1) is 14.2. The van der Waals surface area contributed by atoms with E-state index in [0.29, 0.717) is 10.8 Å². The molecule has 2 aromatic rings. The molecule has 0 radical (unpaired) electrons. The molecule has 1 aromatic carbocycles. The zero-order chi connectivity index (χ0) is 14.8. The van der Waals surface area contributed by atoms with Gasteiger partial charge >= 0.3 is 0 Å². The Labute approximate surface area is 127 Å². The first-order chi connectivity index (χ1) is 10.2. The van der Waals surface area contributed by atoms with Gasteiger partial charge in [0, 0.05) is 12.5 Å². The van der Waals surface area contributed by atoms with Crippen LogP contribution in [0.15, 0.2) is 29.8 Å². The number of thiazole rings is 1. The number of aryl methyl sites for hydroxylation is 1. The molecule has 3 rings (SSSR count). The first-order valence-electron chi connectivity index (χ1n) is 7.12. The molecular formula is C16H18N2O2S. The number of carbonyl (C=O) groups is 1. The molecule has 0 spiro atoms. The Hall–Kier alpha value is -1.72. The summed E-state index contributed by atoms with van der Waals surface area (Å²) in [4.78, 5) is 17.2. The lowest BCUT2D eigenvalue weighted by molar-refractivity contribution is 0.0919. The van der Waals surface area contributed by atoms with Crippen LogP contribution in [0.5, 0.6) is 0 Å². The van der Waals surface area contributed by atoms with Crippen molar-refractivity contribution < 1.29 is 9.90 Å². The molecule has 1 aliphatic carbocycles. The molecule has 2 N–H and O–H groups in total. The molecule has 0 bridgehead atoms. The predicted octanol–water partition coefficient (Wildman–Crippen LogP) is 2.79. The third-order valence-corrected chi connectivity index (χ3v) is 4.61. The summed E-state index contributed by atoms with van der Waals surface area (Å²) in [6.07, 6.45) is 1.55. The van der Waals surface area contributed by atoms with Gasteiger partial charge in [0.1, 0.15) is 4.88 Å². The molecular weight excluding hydrogens is 284 g/mol. The summed E-state index contributed by atoms with van der Waals surface area (Å²) in [6.45, 7) is 2.17. The number of amides is 1. The summed E-state index contributed by atoms with van der Waals surface area (Å²) in [5, 5.41) is 13.0. The van der Waals surface area contributed by atoms with Gasteiger partial charge in [-0.1, -0.05) is 24.3 Å². The molecule has 1 saturated carbocycles. The van der Waals surface area contributed by atoms with Gasteiger partial charge in [0.05, 0.1) is 17.3 Å². The van der Waals surface area contributed by atoms with E-state index in [-0.39, 0.29) is 12.5 Å². The molecule has 0 saturated heterocycles. The van der Waals surface area contributed by atoms with Crippen LogP contribution in [-0.2, 0) is 0 Å². The zero-order valence-corrected chi connectivity index (χ0v) is 12.7. The van der Waals surface area contributed by atoms with Crippen molar-refractivity contribution in [2.75, 3.05) is 6.54 Å². The van der Waals surface area contributed by atoms with E-state index in [9.17, 15) is 9.90 Å². The van der Waals surface area contributed by atoms with E-state index in [4.69, 9.17) is 0 Å². The topological polar surface area (TPSA) is 62.2 Å². The summed E-state index contributed by atoms with van der Waals surface area (Å²) in [5.74, 6) is 0.324. The van der Waals surface area contributed by atoms with E-state index in [1.807, 2.05) is 31.2 Å². The largest absolute Gasteiger partial charge is 0.387 e. The fourth-order valence-corrected chi connectivity index (χ4v) is 3.20. The molecule has 110 valence electrons. The number of nitrogens with one attached hydrogen (secondary N) is 1. The highest BCUT2D eigenvalue weighted by Gasteiger charge is 2.30. The maximum absolute atomic E-state index is 12.2. The van der Waals surface area contributed by atoms with Gasteiger partial charge in [-0.15, -0.1) is 11.3 Å². The number of carbonyl (C=O) groups excluding carboxylic acids is 1. The number of aliphatic hydroxyl groups excluding tert-OH is 1. The Morgan fingerprint density at radius 1 is 1.48 bits per heavy atom. The molecule has 21 heavy (non-hydrogen) atoms. The smallest absolute Gasteiger partial charge is 0.263 e. The highest BCUT2D eigenvalue weighted by molar-refractivity contribution is 7.11. The number of aliphatic hydroxyl groups is 1. The van der Waals surface area contributed by atoms with Crippen LogP contribution >= 0.6 is 11.3 Å². The van der Waals surface area contributed by atoms with Crippen molar-refractivity contribution in [3.05, 3.63) is 51.5 Å². The minimum Gasteiger partial charge on any atom is -0.387 e. The molecule has 1 atom stereocenters. The third kappa shape index (κ3) is 3.14. The Morgan fingerprint density at radius 3 is 2.95 bits per heavy atom. The van der Waals surface area contributed by atoms with E-state index in [2.05, 4.69) is 10.3 Å². The second kappa shape index (κ2) is 5.95. The number of nitrogens with zero attached hydrogens (tertiary/aromatic N) is 1. The van der Waals surface area contributed by atoms with Crippen molar-refractivity contribution in [1.29, 1.82) is 0 Å². The minimum absolute atomic E-state index is 0.132. The van der Waals surface area contributed by atoms with E-state index < -0.39 is 6.10 Å². The summed E-state index contributed by atoms with van der Waals surface area (Å²) in [7, 11) is 0. The average molecular weight is 302 g/mol. The van der Waals surface area contributed by atoms with Crippen LogP contribution in [0.1, 0.15) is 51.4 Å². The monoisotopic (exact) mass is 302 g/mol. The van der Waals surface area contributed by atoms with Crippen LogP contribution < -0.4 is 5.32 Å². The van der Waals surface area contributed by atoms with Crippen LogP contribution in [0, 0.1) is 6.92 Å². The zero-order valence-electron chi connectivity index (χ0n) is 11.9. The minimum atomic E-state index is -0.688. The number of benzene rings is 1. The molecule has 0 aliphatic heterocycles. The van der Waals surface area contributed by atoms with Crippen LogP contribution in [-0.4, -0.2) is 22.5 Å². The quantitative estimate of drug-likeness (QED) is 0.892. The summed E-state index contributed by atoms with van der Waals surface area (Å²) >= 11 is 1.37. The lowest BCUT2D eigenvalue weighted by atomic mass is 10.0. The predicted molar refractivity (Wildman–Crippen MR) is 82.6 cm³/mol. The summed E-state index contributed by atoms with van der Waals surface area (Å²) in [5.41, 5.74) is 4.52. The lowest BCUT2D eigenvalue weighted by Gasteiger charge is -2.14. The van der Waals surface area contributed by atoms with Gasteiger partial charge in [-0.3, -0.25) is 4.79 Å². The Kier molecular flexibility index (Phi) is 4.03. The molecule has 1 amide bonds. The number of aromatic nitrogens is 1. The molecule has 5 heteroatoms. The first-order valence-corrected chi connectivity index (χ1v) is 8.00. The van der Waals surface area contributed by atoms with Gasteiger partial charge in [-0.05, 0) is 30.9 Å². The summed E-state index contributed by atoms with van der Waals surface area (Å²) < 4.78 is 0. The third-order valence-electron chi connectivity index (χ3n) is 3.77. The van der Waals surface area contributed by atoms with Crippen molar-refractivity contribution in [2.24, 2.45) is 0 Å². The maximum atomic E-state index is 12.2. The molecule has 1 unspecified atom stereocenters. The van der Waals surface area contributed by atoms with Crippen molar-refractivity contribution in [3.63, 3.8) is 0 Å². The molecule has 1 fully saturated rings. The van der Waals surface area contributed by atoms with Gasteiger partial charge in [-0.2, -0.15) is 0 Å². The lowest BCUT2D eigenvalue weighted by Crippen LogP contribution is -2.28. The standard InChI is InChI=1S/C16H18N2O2S/c1-10-4-2-3-5-12(10)13(19)8-17-16(20)15-14(11-6-7-11)18-9-21-15/h2-5,9,11,13,19H,6-8H2,1H3,(H,17,20). The van der Waals surface area contributed by atoms with Gasteiger partial charge in [-0.25, -0.2) is 4.98 Å². The molecule has 4 nitrogen and oxygen atoms in total. The van der Waals surface area contributed by atoms with E-state index in [1.165, 1.54) is 11.3 Å². The highest BCUT2D eigenvalue weighted by atomic mass is 32.1. The fourth-order valence-electron chi connectivity index (χ4n) is 2.41. The Morgan fingerprint density at radius 2 is 2.24 bits per heavy atom. The van der Waals surface area contributed by atoms with Gasteiger partial charge in [0.15, 0.2) is 0 Å². The highest BCUT2D eigenvalue weighted by Crippen LogP contribution is 2.41. The van der Waals surface area contributed by atoms with E-state index in [1.54, 1.807) is 5.51 Å². The van der Waals surface area contributed by atoms with Gasteiger partial charge in [0.25, 0.3) is 5.91 Å². The van der Waals surface area contributed by atoms with Crippen LogP contribution in [0.2, 0.25) is 0 Å².